The van der Waals surface area contributed by atoms with Gasteiger partial charge in [0.25, 0.3) is 0 Å². The summed E-state index contributed by atoms with van der Waals surface area (Å²) in [5, 5.41) is 3.29. The molecule has 1 aliphatic carbocycles. The molecule has 1 aliphatic heterocycles. The van der Waals surface area contributed by atoms with E-state index in [0.29, 0.717) is 11.8 Å². The standard InChI is InChI=1S/C17H24N2O/c1-11-8-16(14-7-5-4-6-13(11)14)18-17(20)15-10-19(3)9-12(15)2/h4-7,11-12,15-16H,8-10H2,1-3H3,(H,18,20)/t11-,12+,15-,16+/m1/s1. The van der Waals surface area contributed by atoms with Crippen molar-refractivity contribution >= 4 is 5.91 Å². The van der Waals surface area contributed by atoms with Gasteiger partial charge in [-0.15, -0.1) is 0 Å². The minimum absolute atomic E-state index is 0.142. The number of rotatable bonds is 2. The third-order valence-corrected chi connectivity index (χ3v) is 4.94. The van der Waals surface area contributed by atoms with Gasteiger partial charge >= 0.3 is 0 Å². The van der Waals surface area contributed by atoms with E-state index in [1.54, 1.807) is 0 Å². The number of carbonyl (C=O) groups is 1. The van der Waals surface area contributed by atoms with E-state index in [-0.39, 0.29) is 17.9 Å². The summed E-state index contributed by atoms with van der Waals surface area (Å²) in [4.78, 5) is 14.8. The summed E-state index contributed by atoms with van der Waals surface area (Å²) < 4.78 is 0. The van der Waals surface area contributed by atoms with Gasteiger partial charge in [0.1, 0.15) is 0 Å². The molecule has 3 heteroatoms. The lowest BCUT2D eigenvalue weighted by atomic mass is 9.96. The second-order valence-corrected chi connectivity index (χ2v) is 6.63. The van der Waals surface area contributed by atoms with Gasteiger partial charge in [0, 0.05) is 13.1 Å². The molecule has 20 heavy (non-hydrogen) atoms. The van der Waals surface area contributed by atoms with Crippen molar-refractivity contribution in [3.8, 4) is 0 Å². The van der Waals surface area contributed by atoms with Crippen LogP contribution in [0.4, 0.5) is 0 Å². The normalized spacial score (nSPS) is 33.1. The minimum atomic E-state index is 0.142. The Labute approximate surface area is 121 Å². The van der Waals surface area contributed by atoms with Crippen LogP contribution in [0, 0.1) is 11.8 Å². The molecule has 1 N–H and O–H groups in total. The highest BCUT2D eigenvalue weighted by atomic mass is 16.2. The first kappa shape index (κ1) is 13.6. The molecule has 0 aromatic heterocycles. The lowest BCUT2D eigenvalue weighted by Crippen LogP contribution is -2.36. The van der Waals surface area contributed by atoms with Crippen molar-refractivity contribution in [2.45, 2.75) is 32.2 Å². The smallest absolute Gasteiger partial charge is 0.225 e. The van der Waals surface area contributed by atoms with Crippen molar-refractivity contribution in [3.05, 3.63) is 35.4 Å². The summed E-state index contributed by atoms with van der Waals surface area (Å²) in [5.74, 6) is 1.37. The fraction of sp³-hybridized carbons (Fsp3) is 0.588. The molecule has 1 saturated heterocycles. The van der Waals surface area contributed by atoms with E-state index in [1.807, 2.05) is 0 Å². The number of carbonyl (C=O) groups excluding carboxylic acids is 1. The zero-order valence-electron chi connectivity index (χ0n) is 12.6. The molecule has 0 bridgehead atoms. The molecule has 1 aromatic carbocycles. The van der Waals surface area contributed by atoms with Crippen molar-refractivity contribution in [2.24, 2.45) is 11.8 Å². The maximum absolute atomic E-state index is 12.5. The van der Waals surface area contributed by atoms with Crippen LogP contribution >= 0.6 is 0 Å². The summed E-state index contributed by atoms with van der Waals surface area (Å²) >= 11 is 0. The van der Waals surface area contributed by atoms with Gasteiger partial charge in [0.15, 0.2) is 0 Å². The van der Waals surface area contributed by atoms with Gasteiger partial charge in [-0.1, -0.05) is 38.1 Å². The Morgan fingerprint density at radius 1 is 1.20 bits per heavy atom. The van der Waals surface area contributed by atoms with E-state index in [0.717, 1.165) is 19.5 Å². The average Bonchev–Trinajstić information content (AvgIpc) is 2.91. The van der Waals surface area contributed by atoms with Crippen LogP contribution in [0.15, 0.2) is 24.3 Å². The number of amides is 1. The molecule has 1 amide bonds. The Bertz CT molecular complexity index is 513. The summed E-state index contributed by atoms with van der Waals surface area (Å²) in [6.45, 7) is 6.34. The first-order valence-electron chi connectivity index (χ1n) is 7.64. The molecule has 1 aromatic rings. The third kappa shape index (κ3) is 2.35. The highest BCUT2D eigenvalue weighted by molar-refractivity contribution is 5.80. The van der Waals surface area contributed by atoms with Gasteiger partial charge in [-0.2, -0.15) is 0 Å². The molecular weight excluding hydrogens is 248 g/mol. The van der Waals surface area contributed by atoms with Crippen molar-refractivity contribution in [1.29, 1.82) is 0 Å². The number of nitrogens with one attached hydrogen (secondary N) is 1. The van der Waals surface area contributed by atoms with E-state index in [4.69, 9.17) is 0 Å². The van der Waals surface area contributed by atoms with E-state index in [1.165, 1.54) is 11.1 Å². The van der Waals surface area contributed by atoms with Crippen molar-refractivity contribution in [3.63, 3.8) is 0 Å². The predicted molar refractivity (Wildman–Crippen MR) is 80.5 cm³/mol. The van der Waals surface area contributed by atoms with Crippen LogP contribution in [-0.4, -0.2) is 30.9 Å². The molecule has 3 nitrogen and oxygen atoms in total. The monoisotopic (exact) mass is 272 g/mol. The number of benzene rings is 1. The van der Waals surface area contributed by atoms with E-state index >= 15 is 0 Å². The van der Waals surface area contributed by atoms with Crippen LogP contribution in [-0.2, 0) is 4.79 Å². The van der Waals surface area contributed by atoms with Crippen LogP contribution in [0.2, 0.25) is 0 Å². The topological polar surface area (TPSA) is 32.3 Å². The molecule has 1 heterocycles. The predicted octanol–water partition coefficient (Wildman–Crippen LogP) is 2.55. The lowest BCUT2D eigenvalue weighted by molar-refractivity contribution is -0.126. The molecule has 1 fully saturated rings. The maximum atomic E-state index is 12.5. The quantitative estimate of drug-likeness (QED) is 0.897. The summed E-state index contributed by atoms with van der Waals surface area (Å²) in [5.41, 5.74) is 2.71. The first-order chi connectivity index (χ1) is 9.56. The second kappa shape index (κ2) is 5.21. The molecule has 0 radical (unpaired) electrons. The molecule has 4 atom stereocenters. The van der Waals surface area contributed by atoms with Crippen molar-refractivity contribution in [1.82, 2.24) is 10.2 Å². The van der Waals surface area contributed by atoms with Crippen LogP contribution in [0.1, 0.15) is 43.4 Å². The fourth-order valence-electron chi connectivity index (χ4n) is 3.85. The molecule has 2 aliphatic rings. The fourth-order valence-corrected chi connectivity index (χ4v) is 3.85. The molecule has 3 rings (SSSR count). The van der Waals surface area contributed by atoms with Gasteiger partial charge in [-0.3, -0.25) is 4.79 Å². The highest BCUT2D eigenvalue weighted by Gasteiger charge is 2.36. The summed E-state index contributed by atoms with van der Waals surface area (Å²) in [6.07, 6.45) is 1.03. The van der Waals surface area contributed by atoms with Gasteiger partial charge in [-0.25, -0.2) is 0 Å². The zero-order valence-corrected chi connectivity index (χ0v) is 12.6. The molecule has 0 saturated carbocycles. The third-order valence-electron chi connectivity index (χ3n) is 4.94. The van der Waals surface area contributed by atoms with Gasteiger partial charge < -0.3 is 10.2 Å². The van der Waals surface area contributed by atoms with E-state index in [9.17, 15) is 4.79 Å². The molecule has 0 spiro atoms. The average molecular weight is 272 g/mol. The Morgan fingerprint density at radius 2 is 1.90 bits per heavy atom. The lowest BCUT2D eigenvalue weighted by Gasteiger charge is -2.19. The molecule has 0 unspecified atom stereocenters. The Kier molecular flexibility index (Phi) is 3.55. The molecular formula is C17H24N2O. The SMILES string of the molecule is C[C@@H]1C[C@H](NC(=O)[C@@H]2CN(C)C[C@@H]2C)c2ccccc21. The van der Waals surface area contributed by atoms with Crippen LogP contribution in [0.25, 0.3) is 0 Å². The number of likely N-dealkylation sites (tertiary alicyclic amines) is 1. The minimum Gasteiger partial charge on any atom is -0.349 e. The zero-order chi connectivity index (χ0) is 14.3. The maximum Gasteiger partial charge on any atom is 0.225 e. The van der Waals surface area contributed by atoms with Crippen molar-refractivity contribution in [2.75, 3.05) is 20.1 Å². The Balaban J connectivity index is 1.72. The first-order valence-corrected chi connectivity index (χ1v) is 7.64. The Morgan fingerprint density at radius 3 is 2.55 bits per heavy atom. The highest BCUT2D eigenvalue weighted by Crippen LogP contribution is 2.40. The number of nitrogens with zero attached hydrogens (tertiary/aromatic N) is 1. The Hall–Kier alpha value is -1.35. The number of hydrogen-bond acceptors (Lipinski definition) is 2. The number of fused-ring (bicyclic) bond motifs is 1. The largest absolute Gasteiger partial charge is 0.349 e. The van der Waals surface area contributed by atoms with Gasteiger partial charge in [0.05, 0.1) is 12.0 Å². The molecule has 108 valence electrons. The summed E-state index contributed by atoms with van der Waals surface area (Å²) in [6, 6.07) is 8.72. The van der Waals surface area contributed by atoms with Gasteiger partial charge in [-0.05, 0) is 36.4 Å². The van der Waals surface area contributed by atoms with Crippen LogP contribution in [0.3, 0.4) is 0 Å². The van der Waals surface area contributed by atoms with Crippen molar-refractivity contribution < 1.29 is 4.79 Å². The van der Waals surface area contributed by atoms with Crippen LogP contribution < -0.4 is 5.32 Å². The second-order valence-electron chi connectivity index (χ2n) is 6.63. The van der Waals surface area contributed by atoms with E-state index < -0.39 is 0 Å². The van der Waals surface area contributed by atoms with Crippen LogP contribution in [0.5, 0.6) is 0 Å². The van der Waals surface area contributed by atoms with E-state index in [2.05, 4.69) is 55.4 Å². The number of hydrogen-bond donors (Lipinski definition) is 1. The van der Waals surface area contributed by atoms with Gasteiger partial charge in [0.2, 0.25) is 5.91 Å². The summed E-state index contributed by atoms with van der Waals surface area (Å²) in [7, 11) is 2.09.